The van der Waals surface area contributed by atoms with Crippen molar-refractivity contribution in [2.45, 2.75) is 30.4 Å². The van der Waals surface area contributed by atoms with Crippen LogP contribution in [0.4, 0.5) is 16.3 Å². The molecule has 1 aromatic heterocycles. The molecular weight excluding hydrogens is 406 g/mol. The molecule has 0 spiro atoms. The SMILES string of the molecule is O=C(Nc1ccc(-c2nc3c(c(N4CCOCC4)n2)CS(=O)(=O)C3)cc1)NC1CC1. The fourth-order valence-corrected chi connectivity index (χ4v) is 5.21. The number of carbonyl (C=O) groups is 1. The molecule has 3 heterocycles. The highest BCUT2D eigenvalue weighted by Gasteiger charge is 2.32. The molecule has 2 fully saturated rings. The number of nitrogens with one attached hydrogen (secondary N) is 2. The summed E-state index contributed by atoms with van der Waals surface area (Å²) >= 11 is 0. The van der Waals surface area contributed by atoms with Crippen LogP contribution < -0.4 is 15.5 Å². The molecule has 0 unspecified atom stereocenters. The minimum absolute atomic E-state index is 0.0196. The second-order valence-electron chi connectivity index (χ2n) is 7.88. The Morgan fingerprint density at radius 3 is 2.50 bits per heavy atom. The number of anilines is 2. The van der Waals surface area contributed by atoms with Gasteiger partial charge in [0.2, 0.25) is 0 Å². The predicted octanol–water partition coefficient (Wildman–Crippen LogP) is 1.69. The lowest BCUT2D eigenvalue weighted by molar-refractivity contribution is 0.122. The van der Waals surface area contributed by atoms with Crippen LogP contribution in [-0.2, 0) is 26.1 Å². The Kier molecular flexibility index (Phi) is 4.82. The quantitative estimate of drug-likeness (QED) is 0.760. The van der Waals surface area contributed by atoms with Crippen molar-refractivity contribution in [3.8, 4) is 11.4 Å². The van der Waals surface area contributed by atoms with Crippen molar-refractivity contribution in [1.29, 1.82) is 0 Å². The van der Waals surface area contributed by atoms with Gasteiger partial charge in [0.25, 0.3) is 0 Å². The molecular formula is C20H23N5O4S. The summed E-state index contributed by atoms with van der Waals surface area (Å²) < 4.78 is 29.9. The number of ether oxygens (including phenoxy) is 1. The minimum atomic E-state index is -3.21. The zero-order chi connectivity index (χ0) is 20.7. The molecule has 0 atom stereocenters. The first-order valence-corrected chi connectivity index (χ1v) is 11.9. The van der Waals surface area contributed by atoms with E-state index in [1.807, 2.05) is 12.1 Å². The van der Waals surface area contributed by atoms with Crippen molar-refractivity contribution in [1.82, 2.24) is 15.3 Å². The number of nitrogens with zero attached hydrogens (tertiary/aromatic N) is 3. The number of sulfone groups is 1. The number of fused-ring (bicyclic) bond motifs is 1. The maximum absolute atomic E-state index is 12.2. The lowest BCUT2D eigenvalue weighted by Crippen LogP contribution is -2.37. The number of benzene rings is 1. The minimum Gasteiger partial charge on any atom is -0.378 e. The Labute approximate surface area is 174 Å². The number of morpholine rings is 1. The summed E-state index contributed by atoms with van der Waals surface area (Å²) in [5.74, 6) is 1.09. The van der Waals surface area contributed by atoms with Crippen molar-refractivity contribution in [2.24, 2.45) is 0 Å². The van der Waals surface area contributed by atoms with Crippen LogP contribution in [0, 0.1) is 0 Å². The van der Waals surface area contributed by atoms with E-state index in [0.717, 1.165) is 18.4 Å². The molecule has 9 nitrogen and oxygen atoms in total. The predicted molar refractivity (Wildman–Crippen MR) is 112 cm³/mol. The Balaban J connectivity index is 1.43. The van der Waals surface area contributed by atoms with Gasteiger partial charge >= 0.3 is 6.03 Å². The van der Waals surface area contributed by atoms with Crippen LogP contribution in [0.25, 0.3) is 11.4 Å². The van der Waals surface area contributed by atoms with Crippen LogP contribution in [0.15, 0.2) is 24.3 Å². The fraction of sp³-hybridized carbons (Fsp3) is 0.450. The van der Waals surface area contributed by atoms with Gasteiger partial charge in [-0.05, 0) is 37.1 Å². The van der Waals surface area contributed by atoms with E-state index in [1.54, 1.807) is 12.1 Å². The van der Waals surface area contributed by atoms with Gasteiger partial charge in [0.05, 0.1) is 30.4 Å². The third-order valence-corrected chi connectivity index (χ3v) is 6.86. The van der Waals surface area contributed by atoms with Crippen molar-refractivity contribution in [3.63, 3.8) is 0 Å². The van der Waals surface area contributed by atoms with E-state index >= 15 is 0 Å². The van der Waals surface area contributed by atoms with E-state index in [1.165, 1.54) is 0 Å². The van der Waals surface area contributed by atoms with E-state index in [4.69, 9.17) is 9.72 Å². The first kappa shape index (κ1) is 19.3. The normalized spacial score (nSPS) is 19.9. The highest BCUT2D eigenvalue weighted by atomic mass is 32.2. The van der Waals surface area contributed by atoms with Crippen LogP contribution in [0.5, 0.6) is 0 Å². The van der Waals surface area contributed by atoms with Gasteiger partial charge in [-0.25, -0.2) is 23.2 Å². The molecule has 2 aliphatic heterocycles. The van der Waals surface area contributed by atoms with Gasteiger partial charge in [-0.15, -0.1) is 0 Å². The topological polar surface area (TPSA) is 114 Å². The number of urea groups is 1. The molecule has 1 saturated carbocycles. The molecule has 158 valence electrons. The summed E-state index contributed by atoms with van der Waals surface area (Å²) in [6.45, 7) is 2.51. The van der Waals surface area contributed by atoms with Crippen LogP contribution in [0.2, 0.25) is 0 Å². The standard InChI is InChI=1S/C20H23N5O4S/c26-20(22-15-5-6-15)21-14-3-1-13(2-4-14)18-23-17-12-30(27,28)11-16(17)19(24-18)25-7-9-29-10-8-25/h1-4,15H,5-12H2,(H2,21,22,26). The van der Waals surface area contributed by atoms with Gasteiger partial charge in [0, 0.05) is 35.9 Å². The average Bonchev–Trinajstić information content (AvgIpc) is 3.47. The fourth-order valence-electron chi connectivity index (χ4n) is 3.71. The van der Waals surface area contributed by atoms with Crippen LogP contribution >= 0.6 is 0 Å². The smallest absolute Gasteiger partial charge is 0.319 e. The van der Waals surface area contributed by atoms with Crippen LogP contribution in [0.1, 0.15) is 24.1 Å². The largest absolute Gasteiger partial charge is 0.378 e. The van der Waals surface area contributed by atoms with Gasteiger partial charge in [0.1, 0.15) is 5.82 Å². The Morgan fingerprint density at radius 1 is 1.07 bits per heavy atom. The van der Waals surface area contributed by atoms with Gasteiger partial charge in [0.15, 0.2) is 15.7 Å². The molecule has 5 rings (SSSR count). The van der Waals surface area contributed by atoms with E-state index < -0.39 is 9.84 Å². The summed E-state index contributed by atoms with van der Waals surface area (Å²) in [5.41, 5.74) is 2.72. The molecule has 0 radical (unpaired) electrons. The first-order chi connectivity index (χ1) is 14.5. The number of rotatable bonds is 4. The monoisotopic (exact) mass is 429 g/mol. The van der Waals surface area contributed by atoms with E-state index in [0.29, 0.717) is 60.9 Å². The lowest BCUT2D eigenvalue weighted by atomic mass is 10.1. The van der Waals surface area contributed by atoms with Crippen molar-refractivity contribution >= 4 is 27.4 Å². The van der Waals surface area contributed by atoms with Crippen molar-refractivity contribution < 1.29 is 17.9 Å². The van der Waals surface area contributed by atoms with Crippen LogP contribution in [-0.4, -0.2) is 56.8 Å². The van der Waals surface area contributed by atoms with Gasteiger partial charge in [-0.1, -0.05) is 0 Å². The summed E-state index contributed by atoms with van der Waals surface area (Å²) in [6.07, 6.45) is 2.06. The number of carbonyl (C=O) groups excluding carboxylic acids is 1. The second-order valence-corrected chi connectivity index (χ2v) is 9.94. The van der Waals surface area contributed by atoms with E-state index in [2.05, 4.69) is 20.5 Å². The third-order valence-electron chi connectivity index (χ3n) is 5.42. The molecule has 10 heteroatoms. The van der Waals surface area contributed by atoms with Crippen LogP contribution in [0.3, 0.4) is 0 Å². The summed E-state index contributed by atoms with van der Waals surface area (Å²) in [6, 6.07) is 7.34. The Hall–Kier alpha value is -2.72. The Morgan fingerprint density at radius 2 is 1.80 bits per heavy atom. The van der Waals surface area contributed by atoms with Crippen molar-refractivity contribution in [2.75, 3.05) is 36.5 Å². The number of hydrogen-bond acceptors (Lipinski definition) is 7. The number of aromatic nitrogens is 2. The number of amides is 2. The van der Waals surface area contributed by atoms with Gasteiger partial charge in [-0.3, -0.25) is 0 Å². The highest BCUT2D eigenvalue weighted by Crippen LogP contribution is 2.33. The maximum Gasteiger partial charge on any atom is 0.319 e. The van der Waals surface area contributed by atoms with Crippen molar-refractivity contribution in [3.05, 3.63) is 35.5 Å². The zero-order valence-corrected chi connectivity index (χ0v) is 17.2. The summed E-state index contributed by atoms with van der Waals surface area (Å²) in [4.78, 5) is 23.3. The van der Waals surface area contributed by atoms with Gasteiger partial charge in [-0.2, -0.15) is 0 Å². The van der Waals surface area contributed by atoms with E-state index in [-0.39, 0.29) is 17.5 Å². The molecule has 30 heavy (non-hydrogen) atoms. The molecule has 1 aromatic carbocycles. The molecule has 1 aliphatic carbocycles. The second kappa shape index (κ2) is 7.51. The molecule has 2 N–H and O–H groups in total. The van der Waals surface area contributed by atoms with E-state index in [9.17, 15) is 13.2 Å². The molecule has 2 aromatic rings. The lowest BCUT2D eigenvalue weighted by Gasteiger charge is -2.29. The average molecular weight is 430 g/mol. The number of hydrogen-bond donors (Lipinski definition) is 2. The van der Waals surface area contributed by atoms with Gasteiger partial charge < -0.3 is 20.3 Å². The summed E-state index contributed by atoms with van der Waals surface area (Å²) in [7, 11) is -3.21. The third kappa shape index (κ3) is 4.10. The Bertz CT molecular complexity index is 1080. The zero-order valence-electron chi connectivity index (χ0n) is 16.4. The molecule has 2 amide bonds. The molecule has 1 saturated heterocycles. The molecule has 0 bridgehead atoms. The molecule has 3 aliphatic rings. The summed E-state index contributed by atoms with van der Waals surface area (Å²) in [5, 5.41) is 5.70. The highest BCUT2D eigenvalue weighted by molar-refractivity contribution is 7.90. The maximum atomic E-state index is 12.2. The first-order valence-electron chi connectivity index (χ1n) is 10.1.